The first-order valence-corrected chi connectivity index (χ1v) is 9.17. The summed E-state index contributed by atoms with van der Waals surface area (Å²) < 4.78 is 3.12. The van der Waals surface area contributed by atoms with E-state index in [2.05, 4.69) is 49.5 Å². The van der Waals surface area contributed by atoms with Crippen LogP contribution in [0.15, 0.2) is 22.1 Å². The summed E-state index contributed by atoms with van der Waals surface area (Å²) in [6, 6.07) is 2.37. The average Bonchev–Trinajstić information content (AvgIpc) is 3.09. The van der Waals surface area contributed by atoms with Crippen molar-refractivity contribution in [1.82, 2.24) is 15.2 Å². The number of aromatic nitrogens is 2. The predicted octanol–water partition coefficient (Wildman–Crippen LogP) is 3.74. The number of nitrogens with one attached hydrogen (secondary N) is 1. The highest BCUT2D eigenvalue weighted by Crippen LogP contribution is 2.43. The maximum Gasteiger partial charge on any atom is 0.0715 e. The van der Waals surface area contributed by atoms with Gasteiger partial charge in [-0.2, -0.15) is 5.10 Å². The summed E-state index contributed by atoms with van der Waals surface area (Å²) in [7, 11) is 0. The largest absolute Gasteiger partial charge is 0.271 e. The van der Waals surface area contributed by atoms with Gasteiger partial charge in [0, 0.05) is 17.3 Å². The standard InChI is InChI=1S/C15H21BrN4S/c1-2-7-20-15(12(16)9-18-20)14(19-17)11-4-3-5-13-10(11)6-8-21-13/h6,8-9,11,14,19H,2-5,7,17H2,1H3. The second kappa shape index (κ2) is 6.60. The van der Waals surface area contributed by atoms with Gasteiger partial charge in [-0.05, 0) is 58.6 Å². The van der Waals surface area contributed by atoms with Crippen LogP contribution in [0, 0.1) is 0 Å². The molecule has 0 aromatic carbocycles. The number of aryl methyl sites for hydroxylation is 2. The highest BCUT2D eigenvalue weighted by Gasteiger charge is 2.32. The molecular formula is C15H21BrN4S. The molecule has 2 unspecified atom stereocenters. The summed E-state index contributed by atoms with van der Waals surface area (Å²) in [5.41, 5.74) is 5.69. The van der Waals surface area contributed by atoms with Crippen molar-refractivity contribution in [2.45, 2.75) is 51.1 Å². The zero-order chi connectivity index (χ0) is 14.8. The summed E-state index contributed by atoms with van der Waals surface area (Å²) in [5.74, 6) is 6.37. The number of nitrogens with zero attached hydrogens (tertiary/aromatic N) is 2. The van der Waals surface area contributed by atoms with E-state index in [0.717, 1.165) is 17.4 Å². The predicted molar refractivity (Wildman–Crippen MR) is 90.3 cm³/mol. The number of hydrazine groups is 1. The number of halogens is 1. The molecule has 2 aromatic heterocycles. The van der Waals surface area contributed by atoms with Crippen molar-refractivity contribution in [3.05, 3.63) is 38.3 Å². The van der Waals surface area contributed by atoms with Gasteiger partial charge in [-0.3, -0.25) is 16.0 Å². The molecule has 0 spiro atoms. The van der Waals surface area contributed by atoms with E-state index in [1.165, 1.54) is 35.4 Å². The van der Waals surface area contributed by atoms with Gasteiger partial charge in [-0.1, -0.05) is 6.92 Å². The molecule has 3 N–H and O–H groups in total. The second-order valence-electron chi connectivity index (χ2n) is 5.54. The monoisotopic (exact) mass is 368 g/mol. The van der Waals surface area contributed by atoms with Crippen molar-refractivity contribution in [1.29, 1.82) is 0 Å². The molecule has 2 atom stereocenters. The fraction of sp³-hybridized carbons (Fsp3) is 0.533. The van der Waals surface area contributed by atoms with Crippen molar-refractivity contribution in [3.8, 4) is 0 Å². The Morgan fingerprint density at radius 1 is 1.62 bits per heavy atom. The molecule has 6 heteroatoms. The van der Waals surface area contributed by atoms with Crippen LogP contribution in [-0.2, 0) is 13.0 Å². The molecule has 0 fully saturated rings. The quantitative estimate of drug-likeness (QED) is 0.624. The van der Waals surface area contributed by atoms with E-state index >= 15 is 0 Å². The Hall–Kier alpha value is -0.690. The van der Waals surface area contributed by atoms with E-state index in [0.29, 0.717) is 5.92 Å². The first-order valence-electron chi connectivity index (χ1n) is 7.49. The second-order valence-corrected chi connectivity index (χ2v) is 7.40. The van der Waals surface area contributed by atoms with Gasteiger partial charge in [0.1, 0.15) is 0 Å². The van der Waals surface area contributed by atoms with Gasteiger partial charge < -0.3 is 0 Å². The lowest BCUT2D eigenvalue weighted by atomic mass is 9.81. The highest BCUT2D eigenvalue weighted by atomic mass is 79.9. The van der Waals surface area contributed by atoms with E-state index in [4.69, 9.17) is 5.84 Å². The van der Waals surface area contributed by atoms with Crippen LogP contribution in [0.1, 0.15) is 54.3 Å². The van der Waals surface area contributed by atoms with E-state index < -0.39 is 0 Å². The molecule has 1 aliphatic rings. The Kier molecular flexibility index (Phi) is 4.78. The lowest BCUT2D eigenvalue weighted by Crippen LogP contribution is -2.35. The molecule has 21 heavy (non-hydrogen) atoms. The Balaban J connectivity index is 1.99. The molecular weight excluding hydrogens is 348 g/mol. The average molecular weight is 369 g/mol. The Labute approximate surface area is 137 Å². The summed E-state index contributed by atoms with van der Waals surface area (Å²) in [4.78, 5) is 1.52. The Morgan fingerprint density at radius 2 is 2.48 bits per heavy atom. The third-order valence-corrected chi connectivity index (χ3v) is 5.85. The molecule has 1 aliphatic carbocycles. The molecule has 0 radical (unpaired) electrons. The molecule has 0 amide bonds. The minimum Gasteiger partial charge on any atom is -0.271 e. The van der Waals surface area contributed by atoms with Gasteiger partial charge in [-0.15, -0.1) is 11.3 Å². The Morgan fingerprint density at radius 3 is 3.24 bits per heavy atom. The Bertz CT molecular complexity index is 607. The van der Waals surface area contributed by atoms with E-state index in [-0.39, 0.29) is 6.04 Å². The van der Waals surface area contributed by atoms with Crippen molar-refractivity contribution in [2.75, 3.05) is 0 Å². The third-order valence-electron chi connectivity index (χ3n) is 4.24. The minimum atomic E-state index is 0.0991. The van der Waals surface area contributed by atoms with Crippen LogP contribution in [-0.4, -0.2) is 9.78 Å². The SMILES string of the molecule is CCCn1ncc(Br)c1C(NN)C1CCCc2sccc21. The molecule has 0 saturated carbocycles. The van der Waals surface area contributed by atoms with Crippen LogP contribution >= 0.6 is 27.3 Å². The van der Waals surface area contributed by atoms with Gasteiger partial charge in [0.05, 0.1) is 22.4 Å². The molecule has 2 aromatic rings. The van der Waals surface area contributed by atoms with Crippen LogP contribution in [0.25, 0.3) is 0 Å². The van der Waals surface area contributed by atoms with Crippen LogP contribution in [0.3, 0.4) is 0 Å². The topological polar surface area (TPSA) is 55.9 Å². The zero-order valence-electron chi connectivity index (χ0n) is 12.2. The van der Waals surface area contributed by atoms with Gasteiger partial charge in [0.25, 0.3) is 0 Å². The van der Waals surface area contributed by atoms with Crippen LogP contribution in [0.5, 0.6) is 0 Å². The number of thiophene rings is 1. The molecule has 4 nitrogen and oxygen atoms in total. The number of rotatable bonds is 5. The maximum atomic E-state index is 5.95. The van der Waals surface area contributed by atoms with Crippen molar-refractivity contribution < 1.29 is 0 Å². The van der Waals surface area contributed by atoms with Crippen molar-refractivity contribution in [3.63, 3.8) is 0 Å². The number of hydrogen-bond donors (Lipinski definition) is 2. The molecule has 114 valence electrons. The zero-order valence-corrected chi connectivity index (χ0v) is 14.6. The van der Waals surface area contributed by atoms with Gasteiger partial charge >= 0.3 is 0 Å². The maximum absolute atomic E-state index is 5.95. The molecule has 0 aliphatic heterocycles. The highest BCUT2D eigenvalue weighted by molar-refractivity contribution is 9.10. The molecule has 3 rings (SSSR count). The van der Waals surface area contributed by atoms with Crippen LogP contribution in [0.2, 0.25) is 0 Å². The molecule has 0 bridgehead atoms. The fourth-order valence-electron chi connectivity index (χ4n) is 3.33. The van der Waals surface area contributed by atoms with Gasteiger partial charge in [0.2, 0.25) is 0 Å². The van der Waals surface area contributed by atoms with Gasteiger partial charge in [0.15, 0.2) is 0 Å². The summed E-state index contributed by atoms with van der Waals surface area (Å²) in [6.07, 6.45) is 6.55. The van der Waals surface area contributed by atoms with Gasteiger partial charge in [-0.25, -0.2) is 0 Å². The van der Waals surface area contributed by atoms with E-state index in [1.54, 1.807) is 0 Å². The van der Waals surface area contributed by atoms with E-state index in [1.807, 2.05) is 17.5 Å². The summed E-state index contributed by atoms with van der Waals surface area (Å²) >= 11 is 5.52. The third kappa shape index (κ3) is 2.82. The van der Waals surface area contributed by atoms with Crippen LogP contribution in [0.4, 0.5) is 0 Å². The number of fused-ring (bicyclic) bond motifs is 1. The number of hydrogen-bond acceptors (Lipinski definition) is 4. The lowest BCUT2D eigenvalue weighted by Gasteiger charge is -2.31. The normalized spacial score (nSPS) is 19.5. The minimum absolute atomic E-state index is 0.0991. The van der Waals surface area contributed by atoms with Crippen molar-refractivity contribution in [2.24, 2.45) is 5.84 Å². The lowest BCUT2D eigenvalue weighted by molar-refractivity contribution is 0.382. The molecule has 0 saturated heterocycles. The smallest absolute Gasteiger partial charge is 0.0715 e. The van der Waals surface area contributed by atoms with Crippen LogP contribution < -0.4 is 11.3 Å². The first-order chi connectivity index (χ1) is 10.3. The first kappa shape index (κ1) is 15.2. The number of nitrogens with two attached hydrogens (primary N) is 1. The summed E-state index contributed by atoms with van der Waals surface area (Å²) in [5, 5.41) is 6.69. The summed E-state index contributed by atoms with van der Waals surface area (Å²) in [6.45, 7) is 3.09. The van der Waals surface area contributed by atoms with E-state index in [9.17, 15) is 0 Å². The fourth-order valence-corrected chi connectivity index (χ4v) is 4.86. The molecule has 2 heterocycles. The van der Waals surface area contributed by atoms with Crippen molar-refractivity contribution >= 4 is 27.3 Å².